The molecular formula is C16H26N2. The molecule has 100 valence electrons. The van der Waals surface area contributed by atoms with Gasteiger partial charge in [0, 0.05) is 25.0 Å². The summed E-state index contributed by atoms with van der Waals surface area (Å²) in [6.45, 7) is 1.74. The molecule has 0 aliphatic heterocycles. The molecule has 0 radical (unpaired) electrons. The van der Waals surface area contributed by atoms with Gasteiger partial charge in [-0.05, 0) is 18.4 Å². The van der Waals surface area contributed by atoms with Gasteiger partial charge in [0.1, 0.15) is 0 Å². The van der Waals surface area contributed by atoms with Crippen molar-refractivity contribution in [2.75, 3.05) is 13.1 Å². The van der Waals surface area contributed by atoms with Gasteiger partial charge in [0.2, 0.25) is 0 Å². The zero-order valence-corrected chi connectivity index (χ0v) is 11.3. The lowest BCUT2D eigenvalue weighted by Crippen LogP contribution is -2.34. The number of hydrogen-bond donors (Lipinski definition) is 2. The van der Waals surface area contributed by atoms with Gasteiger partial charge in [0.25, 0.3) is 0 Å². The molecule has 1 aliphatic carbocycles. The predicted octanol–water partition coefficient (Wildman–Crippen LogP) is 3.04. The van der Waals surface area contributed by atoms with E-state index in [1.165, 1.54) is 44.1 Å². The average molecular weight is 246 g/mol. The maximum absolute atomic E-state index is 5.91. The predicted molar refractivity (Wildman–Crippen MR) is 77.7 cm³/mol. The van der Waals surface area contributed by atoms with Crippen LogP contribution in [-0.4, -0.2) is 19.1 Å². The van der Waals surface area contributed by atoms with E-state index in [4.69, 9.17) is 5.73 Å². The van der Waals surface area contributed by atoms with Crippen LogP contribution in [0.3, 0.4) is 0 Å². The first kappa shape index (κ1) is 13.6. The summed E-state index contributed by atoms with van der Waals surface area (Å²) in [7, 11) is 0. The third kappa shape index (κ3) is 4.11. The summed E-state index contributed by atoms with van der Waals surface area (Å²) < 4.78 is 0. The Morgan fingerprint density at radius 2 is 1.72 bits per heavy atom. The third-order valence-electron chi connectivity index (χ3n) is 4.06. The number of rotatable bonds is 5. The molecule has 3 N–H and O–H groups in total. The fourth-order valence-corrected chi connectivity index (χ4v) is 2.85. The van der Waals surface area contributed by atoms with Crippen molar-refractivity contribution in [2.45, 2.75) is 50.5 Å². The Hall–Kier alpha value is -0.860. The van der Waals surface area contributed by atoms with Crippen molar-refractivity contribution >= 4 is 0 Å². The molecule has 2 rings (SSSR count). The molecule has 1 aromatic carbocycles. The molecule has 1 aliphatic rings. The van der Waals surface area contributed by atoms with Crippen LogP contribution in [-0.2, 0) is 0 Å². The Balaban J connectivity index is 1.83. The minimum Gasteiger partial charge on any atom is -0.330 e. The maximum atomic E-state index is 5.91. The Bertz CT molecular complexity index is 315. The van der Waals surface area contributed by atoms with Crippen LogP contribution in [0.5, 0.6) is 0 Å². The van der Waals surface area contributed by atoms with Crippen molar-refractivity contribution in [1.29, 1.82) is 0 Å². The first-order valence-corrected chi connectivity index (χ1v) is 7.38. The highest BCUT2D eigenvalue weighted by Gasteiger charge is 2.14. The first-order valence-electron chi connectivity index (χ1n) is 7.38. The van der Waals surface area contributed by atoms with Gasteiger partial charge >= 0.3 is 0 Å². The second kappa shape index (κ2) is 7.55. The van der Waals surface area contributed by atoms with Crippen LogP contribution >= 0.6 is 0 Å². The summed E-state index contributed by atoms with van der Waals surface area (Å²) in [6.07, 6.45) is 8.28. The lowest BCUT2D eigenvalue weighted by atomic mass is 9.98. The molecule has 1 saturated carbocycles. The van der Waals surface area contributed by atoms with Crippen molar-refractivity contribution in [2.24, 2.45) is 5.73 Å². The minimum absolute atomic E-state index is 0.453. The highest BCUT2D eigenvalue weighted by Crippen LogP contribution is 2.19. The van der Waals surface area contributed by atoms with Crippen LogP contribution in [0.1, 0.15) is 50.0 Å². The SMILES string of the molecule is NCC(CNC1CCCCCC1)c1ccccc1. The summed E-state index contributed by atoms with van der Waals surface area (Å²) in [5, 5.41) is 3.73. The molecule has 2 heteroatoms. The van der Waals surface area contributed by atoms with E-state index < -0.39 is 0 Å². The van der Waals surface area contributed by atoms with E-state index in [1.54, 1.807) is 0 Å². The largest absolute Gasteiger partial charge is 0.330 e. The van der Waals surface area contributed by atoms with Gasteiger partial charge in [-0.15, -0.1) is 0 Å². The van der Waals surface area contributed by atoms with Gasteiger partial charge in [-0.1, -0.05) is 56.0 Å². The van der Waals surface area contributed by atoms with E-state index in [-0.39, 0.29) is 0 Å². The van der Waals surface area contributed by atoms with Crippen LogP contribution in [0.4, 0.5) is 0 Å². The second-order valence-corrected chi connectivity index (χ2v) is 5.44. The molecule has 0 saturated heterocycles. The molecule has 0 amide bonds. The average Bonchev–Trinajstić information content (AvgIpc) is 2.69. The van der Waals surface area contributed by atoms with Crippen LogP contribution in [0, 0.1) is 0 Å². The van der Waals surface area contributed by atoms with Crippen molar-refractivity contribution < 1.29 is 0 Å². The molecule has 0 aromatic heterocycles. The first-order chi connectivity index (χ1) is 8.90. The van der Waals surface area contributed by atoms with Gasteiger partial charge in [0.15, 0.2) is 0 Å². The maximum Gasteiger partial charge on any atom is 0.00864 e. The number of nitrogens with two attached hydrogens (primary N) is 1. The molecule has 0 bridgehead atoms. The van der Waals surface area contributed by atoms with Crippen LogP contribution in [0.2, 0.25) is 0 Å². The number of hydrogen-bond acceptors (Lipinski definition) is 2. The van der Waals surface area contributed by atoms with E-state index in [0.29, 0.717) is 12.0 Å². The Labute approximate surface area is 111 Å². The lowest BCUT2D eigenvalue weighted by Gasteiger charge is -2.21. The topological polar surface area (TPSA) is 38.0 Å². The smallest absolute Gasteiger partial charge is 0.00864 e. The summed E-state index contributed by atoms with van der Waals surface area (Å²) >= 11 is 0. The van der Waals surface area contributed by atoms with Gasteiger partial charge in [-0.25, -0.2) is 0 Å². The van der Waals surface area contributed by atoms with Gasteiger partial charge in [0.05, 0.1) is 0 Å². The summed E-state index contributed by atoms with van der Waals surface area (Å²) in [5.41, 5.74) is 7.27. The highest BCUT2D eigenvalue weighted by atomic mass is 14.9. The number of benzene rings is 1. The second-order valence-electron chi connectivity index (χ2n) is 5.44. The fraction of sp³-hybridized carbons (Fsp3) is 0.625. The molecule has 0 heterocycles. The van der Waals surface area contributed by atoms with Crippen molar-refractivity contribution in [3.63, 3.8) is 0 Å². The van der Waals surface area contributed by atoms with E-state index in [9.17, 15) is 0 Å². The lowest BCUT2D eigenvalue weighted by molar-refractivity contribution is 0.440. The van der Waals surface area contributed by atoms with E-state index in [2.05, 4.69) is 35.6 Å². The highest BCUT2D eigenvalue weighted by molar-refractivity contribution is 5.20. The van der Waals surface area contributed by atoms with Crippen LogP contribution in [0.15, 0.2) is 30.3 Å². The third-order valence-corrected chi connectivity index (χ3v) is 4.06. The molecule has 1 unspecified atom stereocenters. The fourth-order valence-electron chi connectivity index (χ4n) is 2.85. The molecule has 18 heavy (non-hydrogen) atoms. The Morgan fingerprint density at radius 3 is 2.33 bits per heavy atom. The molecule has 0 spiro atoms. The van der Waals surface area contributed by atoms with Gasteiger partial charge in [-0.2, -0.15) is 0 Å². The van der Waals surface area contributed by atoms with Crippen LogP contribution < -0.4 is 11.1 Å². The van der Waals surface area contributed by atoms with Gasteiger partial charge < -0.3 is 11.1 Å². The molecule has 1 aromatic rings. The van der Waals surface area contributed by atoms with E-state index in [0.717, 1.165) is 13.1 Å². The zero-order valence-electron chi connectivity index (χ0n) is 11.3. The standard InChI is InChI=1S/C16H26N2/c17-12-15(14-8-4-3-5-9-14)13-18-16-10-6-1-2-7-11-16/h3-5,8-9,15-16,18H,1-2,6-7,10-13,17H2. The monoisotopic (exact) mass is 246 g/mol. The van der Waals surface area contributed by atoms with E-state index in [1.807, 2.05) is 0 Å². The summed E-state index contributed by atoms with van der Waals surface area (Å²) in [5.74, 6) is 0.453. The summed E-state index contributed by atoms with van der Waals surface area (Å²) in [6, 6.07) is 11.4. The van der Waals surface area contributed by atoms with Gasteiger partial charge in [-0.3, -0.25) is 0 Å². The Kier molecular flexibility index (Phi) is 5.69. The van der Waals surface area contributed by atoms with E-state index >= 15 is 0 Å². The minimum atomic E-state index is 0.453. The normalized spacial score (nSPS) is 19.4. The molecule has 2 nitrogen and oxygen atoms in total. The van der Waals surface area contributed by atoms with Crippen molar-refractivity contribution in [3.05, 3.63) is 35.9 Å². The quantitative estimate of drug-likeness (QED) is 0.784. The van der Waals surface area contributed by atoms with Crippen molar-refractivity contribution in [1.82, 2.24) is 5.32 Å². The number of nitrogens with one attached hydrogen (secondary N) is 1. The van der Waals surface area contributed by atoms with Crippen LogP contribution in [0.25, 0.3) is 0 Å². The van der Waals surface area contributed by atoms with Crippen molar-refractivity contribution in [3.8, 4) is 0 Å². The molecule has 1 atom stereocenters. The Morgan fingerprint density at radius 1 is 1.06 bits per heavy atom. The molecule has 1 fully saturated rings. The molecular weight excluding hydrogens is 220 g/mol. The summed E-state index contributed by atoms with van der Waals surface area (Å²) in [4.78, 5) is 0. The zero-order chi connectivity index (χ0) is 12.6.